The van der Waals surface area contributed by atoms with Gasteiger partial charge in [-0.3, -0.25) is 9.59 Å². The average molecular weight is 353 g/mol. The molecule has 0 aliphatic carbocycles. The second kappa shape index (κ2) is 6.60. The van der Waals surface area contributed by atoms with E-state index in [2.05, 4.69) is 21.2 Å². The van der Waals surface area contributed by atoms with E-state index in [1.54, 1.807) is 4.90 Å². The molecule has 1 aromatic rings. The fourth-order valence-corrected chi connectivity index (χ4v) is 3.01. The normalized spacial score (nSPS) is 19.7. The molecule has 4 nitrogen and oxygen atoms in total. The van der Waals surface area contributed by atoms with Crippen LogP contribution < -0.4 is 10.2 Å². The van der Waals surface area contributed by atoms with Crippen molar-refractivity contribution in [2.24, 2.45) is 5.92 Å². The molecule has 1 aliphatic heterocycles. The lowest BCUT2D eigenvalue weighted by molar-refractivity contribution is -0.132. The molecule has 0 radical (unpaired) electrons. The molecule has 21 heavy (non-hydrogen) atoms. The standard InChI is InChI=1S/C16H21BrN2O2/c1-4-11(3)18-15(20)13-7-8-19(16(13)21)14-6-5-12(17)9-10(14)2/h5-6,9,11,13H,4,7-8H2,1-3H3,(H,18,20)/t11-,13+/m1/s1. The molecule has 1 heterocycles. The van der Waals surface area contributed by atoms with Gasteiger partial charge in [0.05, 0.1) is 0 Å². The maximum atomic E-state index is 12.5. The highest BCUT2D eigenvalue weighted by Gasteiger charge is 2.38. The summed E-state index contributed by atoms with van der Waals surface area (Å²) >= 11 is 3.42. The van der Waals surface area contributed by atoms with Crippen LogP contribution in [-0.4, -0.2) is 24.4 Å². The zero-order valence-electron chi connectivity index (χ0n) is 12.6. The van der Waals surface area contributed by atoms with E-state index in [0.717, 1.165) is 22.1 Å². The van der Waals surface area contributed by atoms with Gasteiger partial charge in [0.15, 0.2) is 0 Å². The highest BCUT2D eigenvalue weighted by atomic mass is 79.9. The minimum atomic E-state index is -0.554. The van der Waals surface area contributed by atoms with Crippen molar-refractivity contribution in [3.8, 4) is 0 Å². The first kappa shape index (κ1) is 16.0. The van der Waals surface area contributed by atoms with Crippen molar-refractivity contribution in [2.75, 3.05) is 11.4 Å². The summed E-state index contributed by atoms with van der Waals surface area (Å²) in [5.41, 5.74) is 1.92. The first-order valence-electron chi connectivity index (χ1n) is 7.32. The molecular weight excluding hydrogens is 332 g/mol. The molecule has 0 unspecified atom stereocenters. The number of halogens is 1. The molecule has 1 aliphatic rings. The molecular formula is C16H21BrN2O2. The van der Waals surface area contributed by atoms with Crippen molar-refractivity contribution in [1.82, 2.24) is 5.32 Å². The summed E-state index contributed by atoms with van der Waals surface area (Å²) in [6, 6.07) is 5.93. The van der Waals surface area contributed by atoms with Crippen LogP contribution in [0.25, 0.3) is 0 Å². The minimum Gasteiger partial charge on any atom is -0.353 e. The van der Waals surface area contributed by atoms with Gasteiger partial charge in [-0.25, -0.2) is 0 Å². The number of nitrogens with zero attached hydrogens (tertiary/aromatic N) is 1. The lowest BCUT2D eigenvalue weighted by Gasteiger charge is -2.20. The Morgan fingerprint density at radius 2 is 2.24 bits per heavy atom. The van der Waals surface area contributed by atoms with Gasteiger partial charge in [0.25, 0.3) is 0 Å². The van der Waals surface area contributed by atoms with E-state index < -0.39 is 5.92 Å². The minimum absolute atomic E-state index is 0.0961. The molecule has 1 aromatic carbocycles. The summed E-state index contributed by atoms with van der Waals surface area (Å²) in [6.07, 6.45) is 1.44. The van der Waals surface area contributed by atoms with Gasteiger partial charge < -0.3 is 10.2 Å². The van der Waals surface area contributed by atoms with Crippen LogP contribution in [0, 0.1) is 12.8 Å². The van der Waals surface area contributed by atoms with Gasteiger partial charge in [0.1, 0.15) is 5.92 Å². The third-order valence-corrected chi connectivity index (χ3v) is 4.47. The van der Waals surface area contributed by atoms with E-state index >= 15 is 0 Å². The number of nitrogens with one attached hydrogen (secondary N) is 1. The number of rotatable bonds is 4. The maximum absolute atomic E-state index is 12.5. The van der Waals surface area contributed by atoms with Gasteiger partial charge in [-0.05, 0) is 50.5 Å². The first-order chi connectivity index (χ1) is 9.93. The summed E-state index contributed by atoms with van der Waals surface area (Å²) in [4.78, 5) is 26.4. The topological polar surface area (TPSA) is 49.4 Å². The molecule has 0 bridgehead atoms. The number of benzene rings is 1. The average Bonchev–Trinajstić information content (AvgIpc) is 2.80. The lowest BCUT2D eigenvalue weighted by Crippen LogP contribution is -2.40. The van der Waals surface area contributed by atoms with Gasteiger partial charge in [0.2, 0.25) is 11.8 Å². The lowest BCUT2D eigenvalue weighted by atomic mass is 10.1. The van der Waals surface area contributed by atoms with Crippen LogP contribution in [0.4, 0.5) is 5.69 Å². The molecule has 0 aromatic heterocycles. The van der Waals surface area contributed by atoms with Gasteiger partial charge in [0, 0.05) is 22.7 Å². The summed E-state index contributed by atoms with van der Waals surface area (Å²) in [6.45, 7) is 6.53. The number of carbonyl (C=O) groups is 2. The van der Waals surface area contributed by atoms with Crippen LogP contribution in [-0.2, 0) is 9.59 Å². The molecule has 2 rings (SSSR count). The molecule has 5 heteroatoms. The fraction of sp³-hybridized carbons (Fsp3) is 0.500. The smallest absolute Gasteiger partial charge is 0.239 e. The maximum Gasteiger partial charge on any atom is 0.239 e. The molecule has 1 fully saturated rings. The fourth-order valence-electron chi connectivity index (χ4n) is 2.53. The molecule has 0 saturated carbocycles. The Hall–Kier alpha value is -1.36. The van der Waals surface area contributed by atoms with E-state index in [-0.39, 0.29) is 17.9 Å². The number of anilines is 1. The third-order valence-electron chi connectivity index (χ3n) is 3.97. The SMILES string of the molecule is CC[C@@H](C)NC(=O)[C@@H]1CCN(c2ccc(Br)cc2C)C1=O. The van der Waals surface area contributed by atoms with Crippen LogP contribution in [0.3, 0.4) is 0 Å². The van der Waals surface area contributed by atoms with Crippen molar-refractivity contribution in [3.05, 3.63) is 28.2 Å². The van der Waals surface area contributed by atoms with E-state index in [9.17, 15) is 9.59 Å². The molecule has 2 amide bonds. The number of amides is 2. The summed E-state index contributed by atoms with van der Waals surface area (Å²) in [7, 11) is 0. The van der Waals surface area contributed by atoms with Crippen molar-refractivity contribution in [1.29, 1.82) is 0 Å². The van der Waals surface area contributed by atoms with Crippen LogP contribution in [0.1, 0.15) is 32.3 Å². The molecule has 114 valence electrons. The van der Waals surface area contributed by atoms with Gasteiger partial charge in [-0.1, -0.05) is 22.9 Å². The van der Waals surface area contributed by atoms with Gasteiger partial charge in [-0.2, -0.15) is 0 Å². The number of carbonyl (C=O) groups excluding carboxylic acids is 2. The Morgan fingerprint density at radius 1 is 1.52 bits per heavy atom. The highest BCUT2D eigenvalue weighted by molar-refractivity contribution is 9.10. The second-order valence-corrected chi connectivity index (χ2v) is 6.50. The second-order valence-electron chi connectivity index (χ2n) is 5.58. The Balaban J connectivity index is 2.13. The summed E-state index contributed by atoms with van der Waals surface area (Å²) < 4.78 is 0.987. The van der Waals surface area contributed by atoms with Crippen LogP contribution in [0.5, 0.6) is 0 Å². The van der Waals surface area contributed by atoms with Crippen LogP contribution in [0.2, 0.25) is 0 Å². The van der Waals surface area contributed by atoms with E-state index in [1.165, 1.54) is 0 Å². The number of hydrogen-bond acceptors (Lipinski definition) is 2. The van der Waals surface area contributed by atoms with Gasteiger partial charge in [-0.15, -0.1) is 0 Å². The van der Waals surface area contributed by atoms with E-state index in [1.807, 2.05) is 39.0 Å². The predicted octanol–water partition coefficient (Wildman–Crippen LogP) is 3.03. The molecule has 1 saturated heterocycles. The van der Waals surface area contributed by atoms with E-state index in [4.69, 9.17) is 0 Å². The van der Waals surface area contributed by atoms with Crippen molar-refractivity contribution in [3.63, 3.8) is 0 Å². The quantitative estimate of drug-likeness (QED) is 0.846. The zero-order valence-corrected chi connectivity index (χ0v) is 14.2. The van der Waals surface area contributed by atoms with Crippen molar-refractivity contribution < 1.29 is 9.59 Å². The monoisotopic (exact) mass is 352 g/mol. The predicted molar refractivity (Wildman–Crippen MR) is 87.2 cm³/mol. The highest BCUT2D eigenvalue weighted by Crippen LogP contribution is 2.30. The number of aryl methyl sites for hydroxylation is 1. The molecule has 1 N–H and O–H groups in total. The van der Waals surface area contributed by atoms with Crippen molar-refractivity contribution >= 4 is 33.4 Å². The third kappa shape index (κ3) is 3.46. The van der Waals surface area contributed by atoms with E-state index in [0.29, 0.717) is 13.0 Å². The Labute approximate surface area is 134 Å². The van der Waals surface area contributed by atoms with Crippen LogP contribution >= 0.6 is 15.9 Å². The van der Waals surface area contributed by atoms with Crippen molar-refractivity contribution in [2.45, 2.75) is 39.7 Å². The van der Waals surface area contributed by atoms with Gasteiger partial charge >= 0.3 is 0 Å². The largest absolute Gasteiger partial charge is 0.353 e. The van der Waals surface area contributed by atoms with Crippen LogP contribution in [0.15, 0.2) is 22.7 Å². The molecule has 2 atom stereocenters. The Bertz CT molecular complexity index is 559. The number of hydrogen-bond donors (Lipinski definition) is 1. The summed E-state index contributed by atoms with van der Waals surface area (Å²) in [5, 5.41) is 2.90. The molecule has 0 spiro atoms. The Morgan fingerprint density at radius 3 is 2.86 bits per heavy atom. The zero-order chi connectivity index (χ0) is 15.6. The Kier molecular flexibility index (Phi) is 5.04. The summed E-state index contributed by atoms with van der Waals surface area (Å²) in [5.74, 6) is -0.796. The first-order valence-corrected chi connectivity index (χ1v) is 8.11.